The number of thioether (sulfide) groups is 1. The molecule has 0 saturated heterocycles. The van der Waals surface area contributed by atoms with E-state index >= 15 is 0 Å². The first-order valence-electron chi connectivity index (χ1n) is 8.02. The van der Waals surface area contributed by atoms with E-state index in [0.29, 0.717) is 16.0 Å². The second kappa shape index (κ2) is 8.09. The van der Waals surface area contributed by atoms with E-state index < -0.39 is 22.7 Å². The van der Waals surface area contributed by atoms with E-state index in [1.54, 1.807) is 23.6 Å². The lowest BCUT2D eigenvalue weighted by atomic mass is 10.1. The Labute approximate surface area is 161 Å². The summed E-state index contributed by atoms with van der Waals surface area (Å²) in [4.78, 5) is 24.0. The Morgan fingerprint density at radius 2 is 1.81 bits per heavy atom. The molecule has 140 valence electrons. The van der Waals surface area contributed by atoms with Crippen LogP contribution in [0.4, 0.5) is 4.79 Å². The SMILES string of the molecule is CC(Sc1nnc(-c2ccc(Cl)cc2)n1C)C(=O)NC(=O)NC(C)(C)C. The Hall–Kier alpha value is -2.06. The van der Waals surface area contributed by atoms with Gasteiger partial charge in [-0.15, -0.1) is 10.2 Å². The van der Waals surface area contributed by atoms with Crippen LogP contribution in [0.5, 0.6) is 0 Å². The van der Waals surface area contributed by atoms with E-state index in [-0.39, 0.29) is 0 Å². The first kappa shape index (κ1) is 20.3. The summed E-state index contributed by atoms with van der Waals surface area (Å²) in [7, 11) is 1.82. The largest absolute Gasteiger partial charge is 0.333 e. The van der Waals surface area contributed by atoms with Gasteiger partial charge in [-0.3, -0.25) is 10.1 Å². The summed E-state index contributed by atoms with van der Waals surface area (Å²) in [6, 6.07) is 6.75. The fraction of sp³-hybridized carbons (Fsp3) is 0.412. The molecule has 26 heavy (non-hydrogen) atoms. The van der Waals surface area contributed by atoms with Gasteiger partial charge in [0.15, 0.2) is 11.0 Å². The molecule has 3 amide bonds. The number of carbonyl (C=O) groups excluding carboxylic acids is 2. The van der Waals surface area contributed by atoms with Gasteiger partial charge < -0.3 is 9.88 Å². The van der Waals surface area contributed by atoms with Crippen LogP contribution in [0.15, 0.2) is 29.4 Å². The van der Waals surface area contributed by atoms with Crippen LogP contribution in [0.2, 0.25) is 5.02 Å². The molecule has 0 bridgehead atoms. The Morgan fingerprint density at radius 1 is 1.19 bits per heavy atom. The topological polar surface area (TPSA) is 88.9 Å². The van der Waals surface area contributed by atoms with Crippen molar-refractivity contribution >= 4 is 35.3 Å². The summed E-state index contributed by atoms with van der Waals surface area (Å²) in [5.74, 6) is 0.273. The number of amides is 3. The summed E-state index contributed by atoms with van der Waals surface area (Å²) in [6.07, 6.45) is 0. The highest BCUT2D eigenvalue weighted by Crippen LogP contribution is 2.26. The van der Waals surface area contributed by atoms with Crippen LogP contribution < -0.4 is 10.6 Å². The number of rotatable bonds is 4. The van der Waals surface area contributed by atoms with Crippen molar-refractivity contribution in [2.75, 3.05) is 0 Å². The van der Waals surface area contributed by atoms with E-state index in [1.807, 2.05) is 40.0 Å². The zero-order valence-electron chi connectivity index (χ0n) is 15.3. The number of aromatic nitrogens is 3. The van der Waals surface area contributed by atoms with Crippen LogP contribution in [0, 0.1) is 0 Å². The molecule has 9 heteroatoms. The van der Waals surface area contributed by atoms with Gasteiger partial charge in [-0.2, -0.15) is 0 Å². The lowest BCUT2D eigenvalue weighted by Gasteiger charge is -2.21. The summed E-state index contributed by atoms with van der Waals surface area (Å²) < 4.78 is 1.80. The van der Waals surface area contributed by atoms with Crippen LogP contribution in [0.3, 0.4) is 0 Å². The highest BCUT2D eigenvalue weighted by atomic mass is 35.5. The first-order valence-corrected chi connectivity index (χ1v) is 9.27. The number of carbonyl (C=O) groups is 2. The quantitative estimate of drug-likeness (QED) is 0.776. The van der Waals surface area contributed by atoms with Crippen LogP contribution in [0.25, 0.3) is 11.4 Å². The van der Waals surface area contributed by atoms with Gasteiger partial charge in [0.1, 0.15) is 0 Å². The summed E-state index contributed by atoms with van der Waals surface area (Å²) in [5.41, 5.74) is 0.454. The molecule has 2 N–H and O–H groups in total. The normalized spacial score (nSPS) is 12.5. The number of imide groups is 1. The molecule has 0 spiro atoms. The highest BCUT2D eigenvalue weighted by molar-refractivity contribution is 8.00. The Kier molecular flexibility index (Phi) is 6.30. The van der Waals surface area contributed by atoms with Crippen molar-refractivity contribution in [3.05, 3.63) is 29.3 Å². The van der Waals surface area contributed by atoms with E-state index in [4.69, 9.17) is 11.6 Å². The number of urea groups is 1. The number of hydrogen-bond donors (Lipinski definition) is 2. The molecule has 0 aliphatic rings. The maximum absolute atomic E-state index is 12.2. The average molecular weight is 396 g/mol. The molecule has 2 rings (SSSR count). The lowest BCUT2D eigenvalue weighted by Crippen LogP contribution is -2.49. The van der Waals surface area contributed by atoms with Crippen molar-refractivity contribution in [1.29, 1.82) is 0 Å². The molecule has 0 radical (unpaired) electrons. The third-order valence-corrected chi connectivity index (χ3v) is 4.70. The third kappa shape index (κ3) is 5.47. The van der Waals surface area contributed by atoms with Crippen LogP contribution in [-0.4, -0.2) is 37.5 Å². The maximum Gasteiger partial charge on any atom is 0.321 e. The molecule has 1 unspecified atom stereocenters. The molecule has 1 aromatic heterocycles. The molecule has 0 aliphatic heterocycles. The summed E-state index contributed by atoms with van der Waals surface area (Å²) in [6.45, 7) is 7.23. The summed E-state index contributed by atoms with van der Waals surface area (Å²) in [5, 5.41) is 14.0. The van der Waals surface area contributed by atoms with Crippen molar-refractivity contribution in [1.82, 2.24) is 25.4 Å². The number of nitrogens with zero attached hydrogens (tertiary/aromatic N) is 3. The van der Waals surface area contributed by atoms with Crippen molar-refractivity contribution in [3.63, 3.8) is 0 Å². The molecule has 1 aromatic carbocycles. The zero-order valence-corrected chi connectivity index (χ0v) is 16.9. The minimum Gasteiger partial charge on any atom is -0.333 e. The highest BCUT2D eigenvalue weighted by Gasteiger charge is 2.22. The standard InChI is InChI=1S/C17H22ClN5O2S/c1-10(14(24)19-15(25)20-17(2,3)4)26-16-22-21-13(23(16)5)11-6-8-12(18)9-7-11/h6-10H,1-5H3,(H2,19,20,24,25). The monoisotopic (exact) mass is 395 g/mol. The number of benzene rings is 1. The van der Waals surface area contributed by atoms with Crippen LogP contribution in [0.1, 0.15) is 27.7 Å². The van der Waals surface area contributed by atoms with Crippen LogP contribution >= 0.6 is 23.4 Å². The van der Waals surface area contributed by atoms with Gasteiger partial charge in [-0.1, -0.05) is 23.4 Å². The van der Waals surface area contributed by atoms with Crippen molar-refractivity contribution in [2.45, 2.75) is 43.6 Å². The first-order chi connectivity index (χ1) is 12.1. The minimum atomic E-state index is -0.519. The average Bonchev–Trinajstić information content (AvgIpc) is 2.87. The van der Waals surface area contributed by atoms with Gasteiger partial charge in [0.05, 0.1) is 5.25 Å². The molecule has 2 aromatic rings. The smallest absolute Gasteiger partial charge is 0.321 e. The number of halogens is 1. The van der Waals surface area contributed by atoms with E-state index in [9.17, 15) is 9.59 Å². The fourth-order valence-corrected chi connectivity index (χ4v) is 3.01. The Balaban J connectivity index is 2.03. The van der Waals surface area contributed by atoms with Crippen molar-refractivity contribution in [3.8, 4) is 11.4 Å². The maximum atomic E-state index is 12.2. The van der Waals surface area contributed by atoms with Gasteiger partial charge in [-0.25, -0.2) is 4.79 Å². The van der Waals surface area contributed by atoms with Gasteiger partial charge in [-0.05, 0) is 52.0 Å². The number of nitrogens with one attached hydrogen (secondary N) is 2. The van der Waals surface area contributed by atoms with Gasteiger partial charge in [0, 0.05) is 23.2 Å². The summed E-state index contributed by atoms with van der Waals surface area (Å²) >= 11 is 7.13. The molecular weight excluding hydrogens is 374 g/mol. The molecule has 0 fully saturated rings. The molecule has 1 atom stereocenters. The number of hydrogen-bond acceptors (Lipinski definition) is 5. The van der Waals surface area contributed by atoms with Crippen LogP contribution in [-0.2, 0) is 11.8 Å². The van der Waals surface area contributed by atoms with Gasteiger partial charge >= 0.3 is 6.03 Å². The molecule has 7 nitrogen and oxygen atoms in total. The Bertz CT molecular complexity index is 798. The predicted octanol–water partition coefficient (Wildman–Crippen LogP) is 3.24. The van der Waals surface area contributed by atoms with Gasteiger partial charge in [0.25, 0.3) is 0 Å². The second-order valence-electron chi connectivity index (χ2n) is 6.83. The van der Waals surface area contributed by atoms with Crippen molar-refractivity contribution in [2.24, 2.45) is 7.05 Å². The Morgan fingerprint density at radius 3 is 2.38 bits per heavy atom. The molecule has 0 saturated carbocycles. The predicted molar refractivity (Wildman–Crippen MR) is 103 cm³/mol. The molecular formula is C17H22ClN5O2S. The fourth-order valence-electron chi connectivity index (χ4n) is 2.06. The molecule has 0 aliphatic carbocycles. The minimum absolute atomic E-state index is 0.396. The molecule has 1 heterocycles. The zero-order chi connectivity index (χ0) is 19.5. The van der Waals surface area contributed by atoms with Crippen molar-refractivity contribution < 1.29 is 9.59 Å². The second-order valence-corrected chi connectivity index (χ2v) is 8.57. The van der Waals surface area contributed by atoms with E-state index in [2.05, 4.69) is 20.8 Å². The third-order valence-electron chi connectivity index (χ3n) is 3.31. The van der Waals surface area contributed by atoms with E-state index in [0.717, 1.165) is 5.56 Å². The lowest BCUT2D eigenvalue weighted by molar-refractivity contribution is -0.119. The van der Waals surface area contributed by atoms with Gasteiger partial charge in [0.2, 0.25) is 5.91 Å². The van der Waals surface area contributed by atoms with E-state index in [1.165, 1.54) is 11.8 Å².